The molecule has 24 heavy (non-hydrogen) atoms. The van der Waals surface area contributed by atoms with Crippen LogP contribution in [0.2, 0.25) is 0 Å². The van der Waals surface area contributed by atoms with Gasteiger partial charge in [0, 0.05) is 18.3 Å². The highest BCUT2D eigenvalue weighted by molar-refractivity contribution is 5.94. The number of amides is 3. The van der Waals surface area contributed by atoms with E-state index < -0.39 is 12.1 Å². The zero-order valence-electron chi connectivity index (χ0n) is 13.1. The molecule has 1 saturated heterocycles. The van der Waals surface area contributed by atoms with E-state index in [0.717, 1.165) is 12.2 Å². The summed E-state index contributed by atoms with van der Waals surface area (Å²) in [7, 11) is 0. The molecule has 0 aromatic heterocycles. The number of nitrogens with one attached hydrogen (secondary N) is 3. The second-order valence-corrected chi connectivity index (χ2v) is 5.53. The van der Waals surface area contributed by atoms with E-state index >= 15 is 0 Å². The van der Waals surface area contributed by atoms with E-state index in [9.17, 15) is 9.59 Å². The first-order chi connectivity index (χ1) is 11.7. The minimum absolute atomic E-state index is 0.141. The van der Waals surface area contributed by atoms with Crippen LogP contribution in [-0.2, 0) is 4.79 Å². The fourth-order valence-electron chi connectivity index (χ4n) is 2.50. The summed E-state index contributed by atoms with van der Waals surface area (Å²) in [5, 5.41) is 8.15. The molecule has 0 spiro atoms. The van der Waals surface area contributed by atoms with Crippen LogP contribution in [0.4, 0.5) is 10.5 Å². The molecule has 1 aliphatic heterocycles. The molecular formula is C18H19N3O3. The van der Waals surface area contributed by atoms with Crippen LogP contribution in [0.1, 0.15) is 12.8 Å². The maximum Gasteiger partial charge on any atom is 0.319 e. The van der Waals surface area contributed by atoms with E-state index in [4.69, 9.17) is 4.74 Å². The molecule has 1 heterocycles. The van der Waals surface area contributed by atoms with Crippen molar-refractivity contribution in [3.8, 4) is 11.5 Å². The SMILES string of the molecule is O=C(Nc1cccc(Oc2ccccc2)c1)NC1CCCNC1=O. The number of ether oxygens (including phenoxy) is 1. The van der Waals surface area contributed by atoms with Gasteiger partial charge in [0.05, 0.1) is 0 Å². The van der Waals surface area contributed by atoms with Crippen molar-refractivity contribution in [3.05, 3.63) is 54.6 Å². The van der Waals surface area contributed by atoms with Gasteiger partial charge in [-0.25, -0.2) is 4.79 Å². The van der Waals surface area contributed by atoms with E-state index in [0.29, 0.717) is 24.4 Å². The van der Waals surface area contributed by atoms with E-state index in [1.165, 1.54) is 0 Å². The van der Waals surface area contributed by atoms with Gasteiger partial charge in [0.1, 0.15) is 17.5 Å². The fourth-order valence-corrected chi connectivity index (χ4v) is 2.50. The molecule has 124 valence electrons. The number of carbonyl (C=O) groups is 2. The van der Waals surface area contributed by atoms with Crippen LogP contribution in [0.15, 0.2) is 54.6 Å². The Kier molecular flexibility index (Phi) is 4.96. The molecule has 1 fully saturated rings. The minimum Gasteiger partial charge on any atom is -0.457 e. The molecule has 1 unspecified atom stereocenters. The molecule has 0 radical (unpaired) electrons. The van der Waals surface area contributed by atoms with Gasteiger partial charge in [0.25, 0.3) is 0 Å². The molecule has 2 aromatic rings. The standard InChI is InChI=1S/C18H19N3O3/c22-17-16(10-5-11-19-17)21-18(23)20-13-6-4-9-15(12-13)24-14-7-2-1-3-8-14/h1-4,6-9,12,16H,5,10-11H2,(H,19,22)(H2,20,21,23). The van der Waals surface area contributed by atoms with Gasteiger partial charge in [0.2, 0.25) is 5.91 Å². The number of hydrogen-bond acceptors (Lipinski definition) is 3. The quantitative estimate of drug-likeness (QED) is 0.808. The van der Waals surface area contributed by atoms with E-state index in [1.54, 1.807) is 18.2 Å². The lowest BCUT2D eigenvalue weighted by atomic mass is 10.1. The number of anilines is 1. The summed E-state index contributed by atoms with van der Waals surface area (Å²) in [4.78, 5) is 23.7. The summed E-state index contributed by atoms with van der Waals surface area (Å²) >= 11 is 0. The predicted octanol–water partition coefficient (Wildman–Crippen LogP) is 2.88. The number of hydrogen-bond donors (Lipinski definition) is 3. The molecule has 1 aliphatic rings. The maximum absolute atomic E-state index is 12.1. The van der Waals surface area contributed by atoms with Gasteiger partial charge in [-0.05, 0) is 37.1 Å². The molecule has 1 atom stereocenters. The van der Waals surface area contributed by atoms with Gasteiger partial charge in [-0.3, -0.25) is 4.79 Å². The highest BCUT2D eigenvalue weighted by Crippen LogP contribution is 2.23. The molecule has 0 bridgehead atoms. The van der Waals surface area contributed by atoms with Crippen molar-refractivity contribution in [3.63, 3.8) is 0 Å². The van der Waals surface area contributed by atoms with Crippen molar-refractivity contribution in [2.24, 2.45) is 0 Å². The van der Waals surface area contributed by atoms with Gasteiger partial charge in [-0.15, -0.1) is 0 Å². The molecule has 3 N–H and O–H groups in total. The smallest absolute Gasteiger partial charge is 0.319 e. The van der Waals surface area contributed by atoms with Crippen LogP contribution in [0, 0.1) is 0 Å². The molecule has 2 aromatic carbocycles. The first-order valence-electron chi connectivity index (χ1n) is 7.89. The van der Waals surface area contributed by atoms with Gasteiger partial charge < -0.3 is 20.7 Å². The van der Waals surface area contributed by atoms with Gasteiger partial charge in [-0.1, -0.05) is 24.3 Å². The number of para-hydroxylation sites is 1. The van der Waals surface area contributed by atoms with E-state index in [2.05, 4.69) is 16.0 Å². The first-order valence-corrected chi connectivity index (χ1v) is 7.89. The topological polar surface area (TPSA) is 79.5 Å². The van der Waals surface area contributed by atoms with Crippen LogP contribution < -0.4 is 20.7 Å². The lowest BCUT2D eigenvalue weighted by Crippen LogP contribution is -2.51. The third-order valence-corrected chi connectivity index (χ3v) is 3.66. The molecule has 6 heteroatoms. The van der Waals surface area contributed by atoms with Crippen molar-refractivity contribution < 1.29 is 14.3 Å². The number of rotatable bonds is 4. The Morgan fingerprint density at radius 3 is 2.67 bits per heavy atom. The van der Waals surface area contributed by atoms with Gasteiger partial charge in [-0.2, -0.15) is 0 Å². The fraction of sp³-hybridized carbons (Fsp3) is 0.222. The van der Waals surface area contributed by atoms with Crippen LogP contribution in [0.25, 0.3) is 0 Å². The average Bonchev–Trinajstić information content (AvgIpc) is 2.58. The number of carbonyl (C=O) groups excluding carboxylic acids is 2. The summed E-state index contributed by atoms with van der Waals surface area (Å²) in [6, 6.07) is 15.6. The molecule has 0 aliphatic carbocycles. The third kappa shape index (κ3) is 4.25. The second kappa shape index (κ2) is 7.50. The Bertz CT molecular complexity index is 718. The third-order valence-electron chi connectivity index (χ3n) is 3.66. The average molecular weight is 325 g/mol. The lowest BCUT2D eigenvalue weighted by Gasteiger charge is -2.22. The summed E-state index contributed by atoms with van der Waals surface area (Å²) in [5.74, 6) is 1.20. The monoisotopic (exact) mass is 325 g/mol. The van der Waals surface area contributed by atoms with Crippen molar-refractivity contribution in [2.45, 2.75) is 18.9 Å². The van der Waals surface area contributed by atoms with Crippen LogP contribution in [-0.4, -0.2) is 24.5 Å². The number of urea groups is 1. The zero-order valence-corrected chi connectivity index (χ0v) is 13.1. The Hall–Kier alpha value is -3.02. The summed E-state index contributed by atoms with van der Waals surface area (Å²) < 4.78 is 5.73. The number of benzene rings is 2. The Labute approximate surface area is 140 Å². The van der Waals surface area contributed by atoms with E-state index in [1.807, 2.05) is 36.4 Å². The maximum atomic E-state index is 12.1. The Morgan fingerprint density at radius 2 is 1.88 bits per heavy atom. The summed E-state index contributed by atoms with van der Waals surface area (Å²) in [5.41, 5.74) is 0.595. The normalized spacial score (nSPS) is 16.8. The van der Waals surface area contributed by atoms with Crippen molar-refractivity contribution in [1.29, 1.82) is 0 Å². The molecule has 6 nitrogen and oxygen atoms in total. The number of piperidine rings is 1. The van der Waals surface area contributed by atoms with Crippen molar-refractivity contribution in [2.75, 3.05) is 11.9 Å². The first kappa shape index (κ1) is 15.9. The minimum atomic E-state index is -0.484. The van der Waals surface area contributed by atoms with Gasteiger partial charge >= 0.3 is 6.03 Å². The van der Waals surface area contributed by atoms with Crippen LogP contribution in [0.5, 0.6) is 11.5 Å². The second-order valence-electron chi connectivity index (χ2n) is 5.53. The van der Waals surface area contributed by atoms with E-state index in [-0.39, 0.29) is 5.91 Å². The highest BCUT2D eigenvalue weighted by atomic mass is 16.5. The summed E-state index contributed by atoms with van der Waals surface area (Å²) in [6.45, 7) is 0.664. The largest absolute Gasteiger partial charge is 0.457 e. The zero-order chi connectivity index (χ0) is 16.8. The predicted molar refractivity (Wildman–Crippen MR) is 91.1 cm³/mol. The molecule has 3 rings (SSSR count). The van der Waals surface area contributed by atoms with Crippen LogP contribution in [0.3, 0.4) is 0 Å². The molecule has 3 amide bonds. The van der Waals surface area contributed by atoms with Gasteiger partial charge in [0.15, 0.2) is 0 Å². The molecular weight excluding hydrogens is 306 g/mol. The molecule has 0 saturated carbocycles. The Balaban J connectivity index is 1.59. The summed E-state index contributed by atoms with van der Waals surface area (Å²) in [6.07, 6.45) is 1.51. The lowest BCUT2D eigenvalue weighted by molar-refractivity contribution is -0.124. The van der Waals surface area contributed by atoms with Crippen molar-refractivity contribution in [1.82, 2.24) is 10.6 Å². The van der Waals surface area contributed by atoms with Crippen LogP contribution >= 0.6 is 0 Å². The van der Waals surface area contributed by atoms with Crippen molar-refractivity contribution >= 4 is 17.6 Å². The highest BCUT2D eigenvalue weighted by Gasteiger charge is 2.23. The Morgan fingerprint density at radius 1 is 1.08 bits per heavy atom.